The van der Waals surface area contributed by atoms with Crippen molar-refractivity contribution in [2.45, 2.75) is 38.3 Å². The van der Waals surface area contributed by atoms with E-state index in [4.69, 9.17) is 0 Å². The van der Waals surface area contributed by atoms with Gasteiger partial charge in [0.05, 0.1) is 11.6 Å². The molecule has 7 heteroatoms. The minimum Gasteiger partial charge on any atom is -0.480 e. The summed E-state index contributed by atoms with van der Waals surface area (Å²) in [5.41, 5.74) is 2.30. The highest BCUT2D eigenvalue weighted by Crippen LogP contribution is 2.13. The fourth-order valence-electron chi connectivity index (χ4n) is 3.26. The maximum Gasteiger partial charge on any atom is 0.326 e. The number of hydrogen-bond acceptors (Lipinski definition) is 4. The zero-order chi connectivity index (χ0) is 22.2. The van der Waals surface area contributed by atoms with Gasteiger partial charge in [0.2, 0.25) is 11.8 Å². The summed E-state index contributed by atoms with van der Waals surface area (Å²) in [5, 5.41) is 15.8. The normalized spacial score (nSPS) is 12.7. The van der Waals surface area contributed by atoms with Crippen LogP contribution in [0.1, 0.15) is 37.1 Å². The van der Waals surface area contributed by atoms with E-state index in [-0.39, 0.29) is 31.2 Å². The highest BCUT2D eigenvalue weighted by Gasteiger charge is 2.21. The average Bonchev–Trinajstić information content (AvgIpc) is 2.77. The quantitative estimate of drug-likeness (QED) is 0.494. The van der Waals surface area contributed by atoms with Gasteiger partial charge in [0.15, 0.2) is 0 Å². The molecule has 3 rings (SSSR count). The van der Waals surface area contributed by atoms with Gasteiger partial charge < -0.3 is 15.7 Å². The lowest BCUT2D eigenvalue weighted by Gasteiger charge is -2.16. The fourth-order valence-corrected chi connectivity index (χ4v) is 3.26. The third-order valence-electron chi connectivity index (χ3n) is 4.96. The van der Waals surface area contributed by atoms with Gasteiger partial charge >= 0.3 is 5.97 Å². The topological polar surface area (TPSA) is 108 Å². The Bertz CT molecular complexity index is 1070. The van der Waals surface area contributed by atoms with E-state index in [2.05, 4.69) is 15.6 Å². The summed E-state index contributed by atoms with van der Waals surface area (Å²) < 4.78 is 0. The van der Waals surface area contributed by atoms with Crippen LogP contribution < -0.4 is 10.6 Å². The van der Waals surface area contributed by atoms with Crippen molar-refractivity contribution >= 4 is 28.7 Å². The predicted molar refractivity (Wildman–Crippen MR) is 117 cm³/mol. The van der Waals surface area contributed by atoms with Crippen molar-refractivity contribution in [3.05, 3.63) is 78.0 Å². The van der Waals surface area contributed by atoms with E-state index >= 15 is 0 Å². The molecule has 7 nitrogen and oxygen atoms in total. The number of carboxylic acids is 1. The Morgan fingerprint density at radius 1 is 0.871 bits per heavy atom. The fraction of sp³-hybridized carbons (Fsp3) is 0.250. The SMILES string of the molecule is C[C@@H](NC(=O)CCC(=O)N[C@@H](Cc1ccc2ccccc2n1)C(=O)O)c1ccccc1. The summed E-state index contributed by atoms with van der Waals surface area (Å²) in [5.74, 6) is -1.91. The van der Waals surface area contributed by atoms with Gasteiger partial charge in [0.1, 0.15) is 6.04 Å². The van der Waals surface area contributed by atoms with Crippen molar-refractivity contribution in [2.24, 2.45) is 0 Å². The first-order valence-corrected chi connectivity index (χ1v) is 10.1. The lowest BCUT2D eigenvalue weighted by Crippen LogP contribution is -2.42. The molecule has 1 heterocycles. The number of carbonyl (C=O) groups excluding carboxylic acids is 2. The number of fused-ring (bicyclic) bond motifs is 1. The maximum absolute atomic E-state index is 12.2. The smallest absolute Gasteiger partial charge is 0.326 e. The van der Waals surface area contributed by atoms with Crippen LogP contribution in [0.4, 0.5) is 0 Å². The third kappa shape index (κ3) is 6.37. The van der Waals surface area contributed by atoms with Gasteiger partial charge in [-0.3, -0.25) is 14.6 Å². The molecule has 0 spiro atoms. The van der Waals surface area contributed by atoms with Gasteiger partial charge in [0, 0.05) is 30.3 Å². The van der Waals surface area contributed by atoms with Crippen molar-refractivity contribution < 1.29 is 19.5 Å². The summed E-state index contributed by atoms with van der Waals surface area (Å²) in [6.07, 6.45) is -0.0605. The van der Waals surface area contributed by atoms with Crippen LogP contribution in [0.2, 0.25) is 0 Å². The summed E-state index contributed by atoms with van der Waals surface area (Å²) >= 11 is 0. The zero-order valence-electron chi connectivity index (χ0n) is 17.2. The van der Waals surface area contributed by atoms with E-state index in [0.29, 0.717) is 5.69 Å². The molecule has 1 aromatic heterocycles. The molecule has 31 heavy (non-hydrogen) atoms. The number of carboxylic acid groups (broad SMARTS) is 1. The van der Waals surface area contributed by atoms with Crippen molar-refractivity contribution in [3.8, 4) is 0 Å². The number of carbonyl (C=O) groups is 3. The van der Waals surface area contributed by atoms with Crippen LogP contribution in [-0.2, 0) is 20.8 Å². The molecule has 160 valence electrons. The van der Waals surface area contributed by atoms with E-state index in [0.717, 1.165) is 16.5 Å². The lowest BCUT2D eigenvalue weighted by atomic mass is 10.1. The van der Waals surface area contributed by atoms with Crippen LogP contribution >= 0.6 is 0 Å². The van der Waals surface area contributed by atoms with Gasteiger partial charge in [-0.15, -0.1) is 0 Å². The molecule has 0 saturated heterocycles. The molecular weight excluding hydrogens is 394 g/mol. The summed E-state index contributed by atoms with van der Waals surface area (Å²) in [6, 6.07) is 19.4. The number of rotatable bonds is 9. The number of amides is 2. The van der Waals surface area contributed by atoms with Crippen molar-refractivity contribution in [1.29, 1.82) is 0 Å². The molecule has 0 bridgehead atoms. The van der Waals surface area contributed by atoms with Crippen molar-refractivity contribution in [2.75, 3.05) is 0 Å². The molecule has 3 aromatic rings. The number of hydrogen-bond donors (Lipinski definition) is 3. The first-order chi connectivity index (χ1) is 14.9. The number of pyridine rings is 1. The maximum atomic E-state index is 12.2. The monoisotopic (exact) mass is 419 g/mol. The zero-order valence-corrected chi connectivity index (χ0v) is 17.2. The minimum atomic E-state index is -1.15. The van der Waals surface area contributed by atoms with Gasteiger partial charge in [-0.2, -0.15) is 0 Å². The Kier molecular flexibility index (Phi) is 7.32. The first kappa shape index (κ1) is 22.0. The van der Waals surface area contributed by atoms with Crippen LogP contribution in [-0.4, -0.2) is 33.9 Å². The standard InChI is InChI=1S/C24H25N3O4/c1-16(17-7-3-2-4-8-17)25-22(28)13-14-23(29)27-21(24(30)31)15-19-12-11-18-9-5-6-10-20(18)26-19/h2-12,16,21H,13-15H2,1H3,(H,25,28)(H,27,29)(H,30,31)/t16-,21+/m1/s1. The average molecular weight is 419 g/mol. The van der Waals surface area contributed by atoms with Crippen LogP contribution in [0.25, 0.3) is 10.9 Å². The van der Waals surface area contributed by atoms with Crippen LogP contribution in [0.3, 0.4) is 0 Å². The third-order valence-corrected chi connectivity index (χ3v) is 4.96. The molecule has 2 atom stereocenters. The Balaban J connectivity index is 1.51. The van der Waals surface area contributed by atoms with E-state index < -0.39 is 17.9 Å². The molecule has 2 amide bonds. The van der Waals surface area contributed by atoms with E-state index in [1.165, 1.54) is 0 Å². The largest absolute Gasteiger partial charge is 0.480 e. The summed E-state index contributed by atoms with van der Waals surface area (Å²) in [6.45, 7) is 1.87. The van der Waals surface area contributed by atoms with Crippen molar-refractivity contribution in [1.82, 2.24) is 15.6 Å². The number of aromatic nitrogens is 1. The van der Waals surface area contributed by atoms with Gasteiger partial charge in [-0.25, -0.2) is 4.79 Å². The molecule has 0 fully saturated rings. The Morgan fingerprint density at radius 2 is 1.52 bits per heavy atom. The van der Waals surface area contributed by atoms with E-state index in [1.54, 1.807) is 6.07 Å². The van der Waals surface area contributed by atoms with E-state index in [1.807, 2.05) is 67.6 Å². The van der Waals surface area contributed by atoms with Crippen LogP contribution in [0, 0.1) is 0 Å². The molecule has 0 radical (unpaired) electrons. The summed E-state index contributed by atoms with van der Waals surface area (Å²) in [7, 11) is 0. The van der Waals surface area contributed by atoms with Gasteiger partial charge in [0.25, 0.3) is 0 Å². The first-order valence-electron chi connectivity index (χ1n) is 10.1. The minimum absolute atomic E-state index is 0.0242. The predicted octanol–water partition coefficient (Wildman–Crippen LogP) is 3.00. The second-order valence-electron chi connectivity index (χ2n) is 7.36. The van der Waals surface area contributed by atoms with Crippen molar-refractivity contribution in [3.63, 3.8) is 0 Å². The molecule has 2 aromatic carbocycles. The lowest BCUT2D eigenvalue weighted by molar-refractivity contribution is -0.141. The summed E-state index contributed by atoms with van der Waals surface area (Å²) in [4.78, 5) is 40.5. The number of nitrogens with one attached hydrogen (secondary N) is 2. The second kappa shape index (κ2) is 10.3. The number of benzene rings is 2. The number of aliphatic carboxylic acids is 1. The van der Waals surface area contributed by atoms with E-state index in [9.17, 15) is 19.5 Å². The number of para-hydroxylation sites is 1. The Morgan fingerprint density at radius 3 is 2.23 bits per heavy atom. The molecule has 0 aliphatic rings. The molecule has 0 saturated carbocycles. The van der Waals surface area contributed by atoms with Crippen LogP contribution in [0.5, 0.6) is 0 Å². The highest BCUT2D eigenvalue weighted by atomic mass is 16.4. The number of nitrogens with zero attached hydrogens (tertiary/aromatic N) is 1. The Labute approximate surface area is 180 Å². The van der Waals surface area contributed by atoms with Gasteiger partial charge in [-0.1, -0.05) is 54.6 Å². The Hall–Kier alpha value is -3.74. The molecule has 0 unspecified atom stereocenters. The van der Waals surface area contributed by atoms with Gasteiger partial charge in [-0.05, 0) is 24.6 Å². The molecule has 3 N–H and O–H groups in total. The molecule has 0 aliphatic carbocycles. The molecule has 0 aliphatic heterocycles. The highest BCUT2D eigenvalue weighted by molar-refractivity contribution is 5.87. The second-order valence-corrected chi connectivity index (χ2v) is 7.36. The van der Waals surface area contributed by atoms with Crippen LogP contribution in [0.15, 0.2) is 66.7 Å². The molecular formula is C24H25N3O4.